The SMILES string of the molecule is CCn1nc(C(=O)OCC(=O)Nc2ccc(C(F)(F)F)cc2[N+](=O)[O-])c2ccccc2c1=O. The maximum absolute atomic E-state index is 12.8. The number of amides is 1. The molecule has 1 heterocycles. The standard InChI is InChI=1S/C20H15F3N4O6/c1-2-26-18(29)13-6-4-3-5-12(13)17(25-26)19(30)33-10-16(28)24-14-8-7-11(20(21,22)23)9-15(14)27(31)32/h3-9H,2,10H2,1H3,(H,24,28). The molecule has 0 bridgehead atoms. The summed E-state index contributed by atoms with van der Waals surface area (Å²) in [4.78, 5) is 47.0. The van der Waals surface area contributed by atoms with Gasteiger partial charge in [-0.05, 0) is 25.1 Å². The number of rotatable bonds is 6. The fourth-order valence-corrected chi connectivity index (χ4v) is 2.95. The van der Waals surface area contributed by atoms with Crippen molar-refractivity contribution in [2.75, 3.05) is 11.9 Å². The number of nitro groups is 1. The fourth-order valence-electron chi connectivity index (χ4n) is 2.95. The summed E-state index contributed by atoms with van der Waals surface area (Å²) >= 11 is 0. The van der Waals surface area contributed by atoms with Crippen LogP contribution >= 0.6 is 0 Å². The van der Waals surface area contributed by atoms with Crippen LogP contribution < -0.4 is 10.9 Å². The van der Waals surface area contributed by atoms with Gasteiger partial charge in [0.1, 0.15) is 5.69 Å². The lowest BCUT2D eigenvalue weighted by atomic mass is 10.1. The van der Waals surface area contributed by atoms with Crippen molar-refractivity contribution < 1.29 is 32.4 Å². The van der Waals surface area contributed by atoms with E-state index in [1.807, 2.05) is 5.32 Å². The molecule has 0 fully saturated rings. The van der Waals surface area contributed by atoms with Crippen LogP contribution in [0.3, 0.4) is 0 Å². The van der Waals surface area contributed by atoms with Crippen molar-refractivity contribution in [1.29, 1.82) is 0 Å². The third-order valence-corrected chi connectivity index (χ3v) is 4.49. The van der Waals surface area contributed by atoms with Crippen LogP contribution in [-0.2, 0) is 22.3 Å². The summed E-state index contributed by atoms with van der Waals surface area (Å²) in [6.45, 7) is 0.906. The summed E-state index contributed by atoms with van der Waals surface area (Å²) in [5.41, 5.74) is -3.38. The van der Waals surface area contributed by atoms with Crippen LogP contribution in [0.2, 0.25) is 0 Å². The summed E-state index contributed by atoms with van der Waals surface area (Å²) in [5, 5.41) is 17.5. The maximum atomic E-state index is 12.8. The number of halogens is 3. The predicted octanol–water partition coefficient (Wildman–Crippen LogP) is 3.14. The molecule has 1 aromatic heterocycles. The lowest BCUT2D eigenvalue weighted by Crippen LogP contribution is -2.27. The second-order valence-corrected chi connectivity index (χ2v) is 6.63. The average molecular weight is 464 g/mol. The number of anilines is 1. The number of aryl methyl sites for hydroxylation is 1. The zero-order valence-corrected chi connectivity index (χ0v) is 16.9. The zero-order valence-electron chi connectivity index (χ0n) is 16.9. The number of carbonyl (C=O) groups is 2. The summed E-state index contributed by atoms with van der Waals surface area (Å²) < 4.78 is 44.3. The number of benzene rings is 2. The Bertz CT molecular complexity index is 1320. The maximum Gasteiger partial charge on any atom is 0.416 e. The highest BCUT2D eigenvalue weighted by Gasteiger charge is 2.33. The Kier molecular flexibility index (Phi) is 6.42. The van der Waals surface area contributed by atoms with E-state index in [1.54, 1.807) is 19.1 Å². The first-order chi connectivity index (χ1) is 15.5. The number of fused-ring (bicyclic) bond motifs is 1. The second-order valence-electron chi connectivity index (χ2n) is 6.63. The smallest absolute Gasteiger partial charge is 0.416 e. The van der Waals surface area contributed by atoms with Crippen molar-refractivity contribution in [2.24, 2.45) is 0 Å². The van der Waals surface area contributed by atoms with Gasteiger partial charge in [-0.3, -0.25) is 19.7 Å². The Balaban J connectivity index is 1.79. The van der Waals surface area contributed by atoms with E-state index in [0.717, 1.165) is 10.7 Å². The van der Waals surface area contributed by atoms with Crippen LogP contribution in [0, 0.1) is 10.1 Å². The average Bonchev–Trinajstić information content (AvgIpc) is 2.77. The molecule has 0 radical (unpaired) electrons. The molecule has 13 heteroatoms. The zero-order chi connectivity index (χ0) is 24.3. The summed E-state index contributed by atoms with van der Waals surface area (Å²) in [5.74, 6) is -2.07. The van der Waals surface area contributed by atoms with Gasteiger partial charge in [0.25, 0.3) is 17.2 Å². The topological polar surface area (TPSA) is 133 Å². The third-order valence-electron chi connectivity index (χ3n) is 4.49. The van der Waals surface area contributed by atoms with Crippen LogP contribution in [0.4, 0.5) is 24.5 Å². The van der Waals surface area contributed by atoms with Crippen LogP contribution in [0.1, 0.15) is 23.0 Å². The second kappa shape index (κ2) is 9.06. The van der Waals surface area contributed by atoms with E-state index in [1.165, 1.54) is 12.1 Å². The number of nitrogens with one attached hydrogen (secondary N) is 1. The van der Waals surface area contributed by atoms with Crippen LogP contribution in [-0.4, -0.2) is 33.2 Å². The Hall–Kier alpha value is -4.29. The number of nitro benzene ring substituents is 1. The Morgan fingerprint density at radius 3 is 2.45 bits per heavy atom. The summed E-state index contributed by atoms with van der Waals surface area (Å²) in [6, 6.07) is 7.73. The minimum Gasteiger partial charge on any atom is -0.451 e. The number of esters is 1. The van der Waals surface area contributed by atoms with Gasteiger partial charge < -0.3 is 10.1 Å². The molecule has 0 aliphatic heterocycles. The number of nitrogens with zero attached hydrogens (tertiary/aromatic N) is 3. The first-order valence-electron chi connectivity index (χ1n) is 9.35. The lowest BCUT2D eigenvalue weighted by molar-refractivity contribution is -0.384. The molecule has 1 amide bonds. The van der Waals surface area contributed by atoms with Crippen molar-refractivity contribution in [3.63, 3.8) is 0 Å². The largest absolute Gasteiger partial charge is 0.451 e. The molecule has 2 aromatic carbocycles. The van der Waals surface area contributed by atoms with E-state index < -0.39 is 52.1 Å². The van der Waals surface area contributed by atoms with Crippen molar-refractivity contribution in [2.45, 2.75) is 19.6 Å². The summed E-state index contributed by atoms with van der Waals surface area (Å²) in [6.07, 6.45) is -4.81. The number of hydrogen-bond donors (Lipinski definition) is 1. The van der Waals surface area contributed by atoms with Gasteiger partial charge in [0, 0.05) is 18.0 Å². The Morgan fingerprint density at radius 2 is 1.85 bits per heavy atom. The minimum absolute atomic E-state index is 0.169. The van der Waals surface area contributed by atoms with Crippen molar-refractivity contribution in [3.8, 4) is 0 Å². The molecule has 33 heavy (non-hydrogen) atoms. The van der Waals surface area contributed by atoms with Gasteiger partial charge in [0.2, 0.25) is 0 Å². The monoisotopic (exact) mass is 464 g/mol. The normalized spacial score (nSPS) is 11.3. The van der Waals surface area contributed by atoms with Crippen molar-refractivity contribution >= 4 is 34.0 Å². The highest BCUT2D eigenvalue weighted by Crippen LogP contribution is 2.34. The van der Waals surface area contributed by atoms with Crippen molar-refractivity contribution in [3.05, 3.63) is 74.2 Å². The van der Waals surface area contributed by atoms with E-state index in [-0.39, 0.29) is 29.1 Å². The lowest BCUT2D eigenvalue weighted by Gasteiger charge is -2.11. The van der Waals surface area contributed by atoms with Gasteiger partial charge >= 0.3 is 12.1 Å². The third kappa shape index (κ3) is 4.97. The van der Waals surface area contributed by atoms with Gasteiger partial charge in [0.15, 0.2) is 12.3 Å². The molecule has 172 valence electrons. The highest BCUT2D eigenvalue weighted by molar-refractivity contribution is 6.03. The van der Waals surface area contributed by atoms with Gasteiger partial charge in [-0.1, -0.05) is 18.2 Å². The fraction of sp³-hybridized carbons (Fsp3) is 0.200. The highest BCUT2D eigenvalue weighted by atomic mass is 19.4. The first-order valence-corrected chi connectivity index (χ1v) is 9.35. The first kappa shape index (κ1) is 23.4. The molecule has 3 rings (SSSR count). The van der Waals surface area contributed by atoms with Gasteiger partial charge in [-0.15, -0.1) is 0 Å². The Labute approximate surface area is 182 Å². The molecule has 0 saturated carbocycles. The molecule has 0 aliphatic carbocycles. The van der Waals surface area contributed by atoms with E-state index in [2.05, 4.69) is 5.10 Å². The molecule has 0 aliphatic rings. The molecule has 0 saturated heterocycles. The minimum atomic E-state index is -4.81. The number of aromatic nitrogens is 2. The number of carbonyl (C=O) groups excluding carboxylic acids is 2. The molecule has 1 N–H and O–H groups in total. The van der Waals surface area contributed by atoms with Gasteiger partial charge in [-0.25, -0.2) is 9.48 Å². The quantitative estimate of drug-likeness (QED) is 0.337. The van der Waals surface area contributed by atoms with E-state index in [9.17, 15) is 37.7 Å². The number of ether oxygens (including phenoxy) is 1. The van der Waals surface area contributed by atoms with Crippen LogP contribution in [0.5, 0.6) is 0 Å². The van der Waals surface area contributed by atoms with Gasteiger partial charge in [-0.2, -0.15) is 18.3 Å². The molecular formula is C20H15F3N4O6. The van der Waals surface area contributed by atoms with Crippen molar-refractivity contribution in [1.82, 2.24) is 9.78 Å². The van der Waals surface area contributed by atoms with Crippen LogP contribution in [0.25, 0.3) is 10.8 Å². The van der Waals surface area contributed by atoms with E-state index in [4.69, 9.17) is 4.74 Å². The van der Waals surface area contributed by atoms with Gasteiger partial charge in [0.05, 0.1) is 15.9 Å². The molecular weight excluding hydrogens is 449 g/mol. The van der Waals surface area contributed by atoms with E-state index in [0.29, 0.717) is 6.07 Å². The number of hydrogen-bond acceptors (Lipinski definition) is 7. The molecule has 0 spiro atoms. The number of alkyl halides is 3. The predicted molar refractivity (Wildman–Crippen MR) is 109 cm³/mol. The molecule has 3 aromatic rings. The van der Waals surface area contributed by atoms with E-state index >= 15 is 0 Å². The molecule has 0 atom stereocenters. The molecule has 0 unspecified atom stereocenters. The summed E-state index contributed by atoms with van der Waals surface area (Å²) in [7, 11) is 0. The Morgan fingerprint density at radius 1 is 1.18 bits per heavy atom. The molecule has 10 nitrogen and oxygen atoms in total. The van der Waals surface area contributed by atoms with Crippen LogP contribution in [0.15, 0.2) is 47.3 Å².